The molecule has 6 nitrogen and oxygen atoms in total. The minimum Gasteiger partial charge on any atom is -0.381 e. The van der Waals surface area contributed by atoms with Crippen LogP contribution < -0.4 is 5.32 Å². The number of anilines is 1. The largest absolute Gasteiger partial charge is 0.381 e. The molecule has 6 heteroatoms. The van der Waals surface area contributed by atoms with Gasteiger partial charge in [0.05, 0.1) is 18.1 Å². The highest BCUT2D eigenvalue weighted by Crippen LogP contribution is 2.14. The van der Waals surface area contributed by atoms with Crippen molar-refractivity contribution in [1.29, 1.82) is 5.26 Å². The molecule has 0 saturated heterocycles. The first-order chi connectivity index (χ1) is 10.3. The lowest BCUT2D eigenvalue weighted by atomic mass is 10.2. The van der Waals surface area contributed by atoms with Gasteiger partial charge >= 0.3 is 0 Å². The van der Waals surface area contributed by atoms with Crippen molar-refractivity contribution in [3.8, 4) is 11.8 Å². The summed E-state index contributed by atoms with van der Waals surface area (Å²) in [6.45, 7) is 0.675. The Hall–Kier alpha value is -3.07. The van der Waals surface area contributed by atoms with Crippen molar-refractivity contribution in [2.24, 2.45) is 7.05 Å². The van der Waals surface area contributed by atoms with Gasteiger partial charge in [-0.25, -0.2) is 0 Å². The van der Waals surface area contributed by atoms with Crippen molar-refractivity contribution in [3.05, 3.63) is 60.2 Å². The Morgan fingerprint density at radius 3 is 2.52 bits per heavy atom. The summed E-state index contributed by atoms with van der Waals surface area (Å²) in [6.07, 6.45) is 5.25. The maximum absolute atomic E-state index is 8.93. The second-order valence-corrected chi connectivity index (χ2v) is 4.68. The molecule has 1 N–H and O–H groups in total. The smallest absolute Gasteiger partial charge is 0.120 e. The lowest BCUT2D eigenvalue weighted by Crippen LogP contribution is -2.00. The molecule has 0 bridgehead atoms. The third-order valence-corrected chi connectivity index (χ3v) is 3.19. The van der Waals surface area contributed by atoms with Crippen LogP contribution in [-0.2, 0) is 13.6 Å². The third kappa shape index (κ3) is 2.77. The topological polar surface area (TPSA) is 71.5 Å². The molecule has 2 heterocycles. The molecule has 21 heavy (non-hydrogen) atoms. The Bertz CT molecular complexity index is 762. The second-order valence-electron chi connectivity index (χ2n) is 4.68. The summed E-state index contributed by atoms with van der Waals surface area (Å²) >= 11 is 0. The number of benzene rings is 1. The van der Waals surface area contributed by atoms with Gasteiger partial charge in [0, 0.05) is 25.5 Å². The quantitative estimate of drug-likeness (QED) is 0.793. The van der Waals surface area contributed by atoms with E-state index in [2.05, 4.69) is 21.6 Å². The van der Waals surface area contributed by atoms with Crippen LogP contribution in [0.5, 0.6) is 0 Å². The van der Waals surface area contributed by atoms with E-state index in [0.29, 0.717) is 12.2 Å². The molecule has 0 fully saturated rings. The van der Waals surface area contributed by atoms with Gasteiger partial charge in [0.2, 0.25) is 0 Å². The van der Waals surface area contributed by atoms with E-state index in [1.165, 1.54) is 0 Å². The van der Waals surface area contributed by atoms with Crippen molar-refractivity contribution < 1.29 is 0 Å². The van der Waals surface area contributed by atoms with Crippen LogP contribution >= 0.6 is 0 Å². The van der Waals surface area contributed by atoms with Gasteiger partial charge in [-0.3, -0.25) is 0 Å². The molecule has 0 aliphatic carbocycles. The molecule has 0 amide bonds. The Labute approximate surface area is 122 Å². The molecule has 3 aromatic rings. The molecule has 1 aromatic carbocycles. The lowest BCUT2D eigenvalue weighted by molar-refractivity contribution is 0.752. The molecule has 0 aliphatic rings. The van der Waals surface area contributed by atoms with Crippen LogP contribution in [0.3, 0.4) is 0 Å². The van der Waals surface area contributed by atoms with E-state index < -0.39 is 0 Å². The summed E-state index contributed by atoms with van der Waals surface area (Å²) in [5.74, 6) is 0. The number of nitrogens with one attached hydrogen (secondary N) is 1. The van der Waals surface area contributed by atoms with Gasteiger partial charge in [-0.05, 0) is 35.9 Å². The van der Waals surface area contributed by atoms with E-state index in [4.69, 9.17) is 5.26 Å². The Balaban J connectivity index is 1.67. The van der Waals surface area contributed by atoms with Crippen molar-refractivity contribution in [1.82, 2.24) is 19.6 Å². The minimum atomic E-state index is 0.659. The monoisotopic (exact) mass is 278 g/mol. The zero-order valence-corrected chi connectivity index (χ0v) is 11.6. The highest BCUT2D eigenvalue weighted by atomic mass is 15.5. The standard InChI is InChI=1S/C15H14N6/c1-20-11-12(8-15(20)9-16)10-17-13-2-4-14(5-3-13)21-18-6-7-19-21/h2-8,11,17H,10H2,1H3. The molecule has 3 rings (SSSR count). The molecule has 2 aromatic heterocycles. The number of aryl methyl sites for hydroxylation is 1. The van der Waals surface area contributed by atoms with Crippen LogP contribution in [0.25, 0.3) is 5.69 Å². The molecule has 0 unspecified atom stereocenters. The van der Waals surface area contributed by atoms with Gasteiger partial charge in [-0.2, -0.15) is 20.3 Å². The maximum atomic E-state index is 8.93. The Morgan fingerprint density at radius 1 is 1.19 bits per heavy atom. The van der Waals surface area contributed by atoms with E-state index in [9.17, 15) is 0 Å². The fourth-order valence-electron chi connectivity index (χ4n) is 2.11. The zero-order valence-electron chi connectivity index (χ0n) is 11.6. The minimum absolute atomic E-state index is 0.659. The molecule has 0 spiro atoms. The summed E-state index contributed by atoms with van der Waals surface area (Å²) in [5.41, 5.74) is 3.66. The fourth-order valence-corrected chi connectivity index (χ4v) is 2.11. The number of aromatic nitrogens is 4. The zero-order chi connectivity index (χ0) is 14.7. The average Bonchev–Trinajstić information content (AvgIpc) is 3.15. The first-order valence-electron chi connectivity index (χ1n) is 6.52. The average molecular weight is 278 g/mol. The van der Waals surface area contributed by atoms with Crippen molar-refractivity contribution in [2.45, 2.75) is 6.54 Å². The maximum Gasteiger partial charge on any atom is 0.120 e. The molecule has 0 aliphatic heterocycles. The van der Waals surface area contributed by atoms with E-state index in [1.807, 2.05) is 48.1 Å². The number of nitriles is 1. The number of hydrogen-bond donors (Lipinski definition) is 1. The summed E-state index contributed by atoms with van der Waals surface area (Å²) in [5, 5.41) is 20.4. The van der Waals surface area contributed by atoms with Gasteiger partial charge in [0.1, 0.15) is 11.8 Å². The molecule has 0 radical (unpaired) electrons. The van der Waals surface area contributed by atoms with E-state index in [-0.39, 0.29) is 0 Å². The van der Waals surface area contributed by atoms with E-state index >= 15 is 0 Å². The fraction of sp³-hybridized carbons (Fsp3) is 0.133. The van der Waals surface area contributed by atoms with Crippen molar-refractivity contribution >= 4 is 5.69 Å². The molecule has 104 valence electrons. The van der Waals surface area contributed by atoms with Crippen LogP contribution in [0, 0.1) is 11.3 Å². The van der Waals surface area contributed by atoms with Crippen LogP contribution in [0.1, 0.15) is 11.3 Å². The Kier molecular flexibility index (Phi) is 3.39. The SMILES string of the molecule is Cn1cc(CNc2ccc(-n3nccn3)cc2)cc1C#N. The molecular formula is C15H14N6. The van der Waals surface area contributed by atoms with Gasteiger partial charge in [-0.1, -0.05) is 0 Å². The van der Waals surface area contributed by atoms with Crippen molar-refractivity contribution in [3.63, 3.8) is 0 Å². The number of hydrogen-bond acceptors (Lipinski definition) is 4. The molecular weight excluding hydrogens is 264 g/mol. The van der Waals surface area contributed by atoms with E-state index in [0.717, 1.165) is 16.9 Å². The predicted molar refractivity (Wildman–Crippen MR) is 78.8 cm³/mol. The van der Waals surface area contributed by atoms with Crippen LogP contribution in [0.4, 0.5) is 5.69 Å². The molecule has 0 saturated carbocycles. The van der Waals surface area contributed by atoms with Crippen LogP contribution in [0.2, 0.25) is 0 Å². The first-order valence-corrected chi connectivity index (χ1v) is 6.52. The predicted octanol–water partition coefficient (Wildman–Crippen LogP) is 2.09. The van der Waals surface area contributed by atoms with Crippen LogP contribution in [-0.4, -0.2) is 19.6 Å². The summed E-state index contributed by atoms with van der Waals surface area (Å²) in [4.78, 5) is 1.57. The number of nitrogens with zero attached hydrogens (tertiary/aromatic N) is 5. The first kappa shape index (κ1) is 12.9. The highest BCUT2D eigenvalue weighted by molar-refractivity contribution is 5.48. The third-order valence-electron chi connectivity index (χ3n) is 3.19. The van der Waals surface area contributed by atoms with Gasteiger partial charge in [-0.15, -0.1) is 0 Å². The summed E-state index contributed by atoms with van der Waals surface area (Å²) in [6, 6.07) is 11.9. The highest BCUT2D eigenvalue weighted by Gasteiger charge is 2.02. The van der Waals surface area contributed by atoms with Crippen molar-refractivity contribution in [2.75, 3.05) is 5.32 Å². The normalized spacial score (nSPS) is 10.3. The van der Waals surface area contributed by atoms with Gasteiger partial charge < -0.3 is 9.88 Å². The Morgan fingerprint density at radius 2 is 1.90 bits per heavy atom. The van der Waals surface area contributed by atoms with Gasteiger partial charge in [0.25, 0.3) is 0 Å². The second kappa shape index (κ2) is 5.51. The van der Waals surface area contributed by atoms with E-state index in [1.54, 1.807) is 17.2 Å². The van der Waals surface area contributed by atoms with Gasteiger partial charge in [0.15, 0.2) is 0 Å². The van der Waals surface area contributed by atoms with Crippen LogP contribution in [0.15, 0.2) is 48.9 Å². The molecule has 0 atom stereocenters. The lowest BCUT2D eigenvalue weighted by Gasteiger charge is -2.06. The number of rotatable bonds is 4. The summed E-state index contributed by atoms with van der Waals surface area (Å²) in [7, 11) is 1.87. The summed E-state index contributed by atoms with van der Waals surface area (Å²) < 4.78 is 1.82.